The van der Waals surface area contributed by atoms with E-state index in [-0.39, 0.29) is 29.2 Å². The minimum atomic E-state index is -0.622. The Bertz CT molecular complexity index is 1200. The normalized spacial score (nSPS) is 18.0. The molecule has 3 aromatic rings. The van der Waals surface area contributed by atoms with Crippen LogP contribution in [0.25, 0.3) is 11.3 Å². The number of methoxy groups -OCH3 is 1. The minimum absolute atomic E-state index is 0.0887. The molecular formula is C23H25BrFN7O2. The molecule has 1 amide bonds. The highest BCUT2D eigenvalue weighted by Crippen LogP contribution is 2.34. The number of carbonyl (C=O) groups is 1. The lowest BCUT2D eigenvalue weighted by Crippen LogP contribution is -2.54. The van der Waals surface area contributed by atoms with Crippen molar-refractivity contribution in [1.29, 1.82) is 0 Å². The van der Waals surface area contributed by atoms with Crippen LogP contribution in [0.2, 0.25) is 0 Å². The van der Waals surface area contributed by atoms with Crippen molar-refractivity contribution in [2.45, 2.75) is 25.9 Å². The monoisotopic (exact) mass is 529 g/mol. The van der Waals surface area contributed by atoms with Gasteiger partial charge in [-0.15, -0.1) is 0 Å². The first-order chi connectivity index (χ1) is 16.2. The van der Waals surface area contributed by atoms with E-state index in [2.05, 4.69) is 55.4 Å². The van der Waals surface area contributed by atoms with Gasteiger partial charge in [-0.3, -0.25) is 4.79 Å². The van der Waals surface area contributed by atoms with Crippen LogP contribution in [0.15, 0.2) is 41.1 Å². The summed E-state index contributed by atoms with van der Waals surface area (Å²) in [7, 11) is 1.45. The number of nitrogens with two attached hydrogens (primary N) is 1. The lowest BCUT2D eigenvalue weighted by molar-refractivity contribution is 0.0997. The van der Waals surface area contributed by atoms with E-state index in [4.69, 9.17) is 10.5 Å². The Balaban J connectivity index is 1.59. The molecule has 9 nitrogen and oxygen atoms in total. The summed E-state index contributed by atoms with van der Waals surface area (Å²) in [5, 5.41) is 6.47. The van der Waals surface area contributed by atoms with Gasteiger partial charge in [-0.1, -0.05) is 12.1 Å². The molecule has 0 saturated carbocycles. The molecule has 0 spiro atoms. The number of amides is 1. The zero-order valence-corrected chi connectivity index (χ0v) is 20.6. The third-order valence-electron chi connectivity index (χ3n) is 5.40. The minimum Gasteiger partial charge on any atom is -0.494 e. The molecule has 1 fully saturated rings. The summed E-state index contributed by atoms with van der Waals surface area (Å²) in [6, 6.07) is 9.15. The van der Waals surface area contributed by atoms with E-state index in [0.717, 1.165) is 13.1 Å². The molecule has 1 aliphatic rings. The third-order valence-corrected chi connectivity index (χ3v) is 5.81. The van der Waals surface area contributed by atoms with Gasteiger partial charge in [0, 0.05) is 36.4 Å². The highest BCUT2D eigenvalue weighted by atomic mass is 79.9. The second-order valence-corrected chi connectivity index (χ2v) is 8.99. The number of nitrogens with zero attached hydrogens (tertiary/aromatic N) is 4. The van der Waals surface area contributed by atoms with E-state index in [1.54, 1.807) is 24.3 Å². The van der Waals surface area contributed by atoms with Gasteiger partial charge >= 0.3 is 0 Å². The van der Waals surface area contributed by atoms with Crippen LogP contribution in [0.3, 0.4) is 0 Å². The fourth-order valence-corrected chi connectivity index (χ4v) is 4.43. The number of hydrogen-bond donors (Lipinski definition) is 3. The van der Waals surface area contributed by atoms with Crippen molar-refractivity contribution in [3.8, 4) is 17.0 Å². The summed E-state index contributed by atoms with van der Waals surface area (Å²) in [6.45, 7) is 5.65. The molecular weight excluding hydrogens is 505 g/mol. The first kappa shape index (κ1) is 23.8. The quantitative estimate of drug-likeness (QED) is 0.415. The van der Waals surface area contributed by atoms with Crippen molar-refractivity contribution in [3.05, 3.63) is 52.5 Å². The number of piperazine rings is 1. The molecule has 2 atom stereocenters. The largest absolute Gasteiger partial charge is 0.494 e. The summed E-state index contributed by atoms with van der Waals surface area (Å²) in [5.41, 5.74) is 7.47. The maximum absolute atomic E-state index is 14.5. The van der Waals surface area contributed by atoms with E-state index in [9.17, 15) is 9.18 Å². The molecule has 3 heterocycles. The number of rotatable bonds is 6. The fourth-order valence-electron chi connectivity index (χ4n) is 4.02. The Hall–Kier alpha value is -3.31. The number of benzene rings is 1. The smallest absolute Gasteiger partial charge is 0.252 e. The van der Waals surface area contributed by atoms with Gasteiger partial charge in [0.2, 0.25) is 5.95 Å². The molecule has 4 rings (SSSR count). The second-order valence-electron chi connectivity index (χ2n) is 8.18. The van der Waals surface area contributed by atoms with Crippen LogP contribution in [-0.4, -0.2) is 53.1 Å². The van der Waals surface area contributed by atoms with Crippen molar-refractivity contribution in [1.82, 2.24) is 20.3 Å². The SMILES string of the molecule is COc1c(C(N)=O)cc(Br)nc1-c1ccc(Nc2nc(N3C[C@@H](C)N[C@@H](C)C3)ncc2F)cc1. The third kappa shape index (κ3) is 5.10. The molecule has 1 aliphatic heterocycles. The molecule has 34 heavy (non-hydrogen) atoms. The van der Waals surface area contributed by atoms with Gasteiger partial charge in [-0.2, -0.15) is 4.98 Å². The predicted octanol–water partition coefficient (Wildman–Crippen LogP) is 3.48. The Morgan fingerprint density at radius 1 is 1.24 bits per heavy atom. The van der Waals surface area contributed by atoms with Crippen molar-refractivity contribution in [3.63, 3.8) is 0 Å². The first-order valence-corrected chi connectivity index (χ1v) is 11.5. The van der Waals surface area contributed by atoms with E-state index >= 15 is 0 Å². The Morgan fingerprint density at radius 3 is 2.53 bits per heavy atom. The second kappa shape index (κ2) is 9.90. The topological polar surface area (TPSA) is 118 Å². The highest BCUT2D eigenvalue weighted by molar-refractivity contribution is 9.10. The summed E-state index contributed by atoms with van der Waals surface area (Å²) in [6.07, 6.45) is 1.18. The zero-order valence-electron chi connectivity index (χ0n) is 19.0. The van der Waals surface area contributed by atoms with Gasteiger partial charge in [-0.05, 0) is 48.0 Å². The molecule has 0 bridgehead atoms. The molecule has 1 saturated heterocycles. The lowest BCUT2D eigenvalue weighted by Gasteiger charge is -2.36. The van der Waals surface area contributed by atoms with Crippen molar-refractivity contribution < 1.29 is 13.9 Å². The average molecular weight is 530 g/mol. The van der Waals surface area contributed by atoms with E-state index in [0.29, 0.717) is 27.5 Å². The van der Waals surface area contributed by atoms with Gasteiger partial charge < -0.3 is 26.0 Å². The first-order valence-electron chi connectivity index (χ1n) is 10.7. The summed E-state index contributed by atoms with van der Waals surface area (Å²) in [4.78, 5) is 26.9. The number of pyridine rings is 1. The molecule has 0 radical (unpaired) electrons. The maximum atomic E-state index is 14.5. The van der Waals surface area contributed by atoms with Crippen LogP contribution in [0.1, 0.15) is 24.2 Å². The number of aromatic nitrogens is 3. The van der Waals surface area contributed by atoms with Gasteiger partial charge in [0.05, 0.1) is 18.9 Å². The Labute approximate surface area is 205 Å². The van der Waals surface area contributed by atoms with Crippen LogP contribution in [0.4, 0.5) is 21.8 Å². The average Bonchev–Trinajstić information content (AvgIpc) is 2.79. The summed E-state index contributed by atoms with van der Waals surface area (Å²) in [5.74, 6) is -0.329. The Kier molecular flexibility index (Phi) is 6.94. The molecule has 0 aliphatic carbocycles. The molecule has 4 N–H and O–H groups in total. The van der Waals surface area contributed by atoms with E-state index in [1.165, 1.54) is 19.4 Å². The van der Waals surface area contributed by atoms with Crippen molar-refractivity contribution >= 4 is 39.3 Å². The van der Waals surface area contributed by atoms with Crippen LogP contribution in [0.5, 0.6) is 5.75 Å². The van der Waals surface area contributed by atoms with Gasteiger partial charge in [0.25, 0.3) is 5.91 Å². The van der Waals surface area contributed by atoms with E-state index in [1.807, 2.05) is 4.90 Å². The molecule has 178 valence electrons. The maximum Gasteiger partial charge on any atom is 0.252 e. The fraction of sp³-hybridized carbons (Fsp3) is 0.304. The van der Waals surface area contributed by atoms with Crippen molar-refractivity contribution in [2.24, 2.45) is 5.73 Å². The van der Waals surface area contributed by atoms with Crippen molar-refractivity contribution in [2.75, 3.05) is 30.4 Å². The van der Waals surface area contributed by atoms with Gasteiger partial charge in [0.1, 0.15) is 10.3 Å². The molecule has 2 aromatic heterocycles. The number of carbonyl (C=O) groups excluding carboxylic acids is 1. The van der Waals surface area contributed by atoms with Crippen LogP contribution in [0, 0.1) is 5.82 Å². The molecule has 0 unspecified atom stereocenters. The lowest BCUT2D eigenvalue weighted by atomic mass is 10.1. The number of hydrogen-bond acceptors (Lipinski definition) is 8. The Morgan fingerprint density at radius 2 is 1.91 bits per heavy atom. The number of nitrogens with one attached hydrogen (secondary N) is 2. The number of halogens is 2. The highest BCUT2D eigenvalue weighted by Gasteiger charge is 2.24. The van der Waals surface area contributed by atoms with Gasteiger partial charge in [-0.25, -0.2) is 14.4 Å². The summed E-state index contributed by atoms with van der Waals surface area (Å²) < 4.78 is 20.3. The number of anilines is 3. The van der Waals surface area contributed by atoms with Gasteiger partial charge in [0.15, 0.2) is 17.4 Å². The number of ether oxygens (including phenoxy) is 1. The zero-order chi connectivity index (χ0) is 24.4. The van der Waals surface area contributed by atoms with Crippen LogP contribution >= 0.6 is 15.9 Å². The predicted molar refractivity (Wildman–Crippen MR) is 132 cm³/mol. The number of primary amides is 1. The van der Waals surface area contributed by atoms with Crippen LogP contribution in [-0.2, 0) is 0 Å². The van der Waals surface area contributed by atoms with Crippen LogP contribution < -0.4 is 26.0 Å². The molecule has 1 aromatic carbocycles. The van der Waals surface area contributed by atoms with E-state index < -0.39 is 11.7 Å². The summed E-state index contributed by atoms with van der Waals surface area (Å²) >= 11 is 3.30. The molecule has 11 heteroatoms. The standard InChI is InChI=1S/C23H25BrFN7O2/c1-12-10-32(11-13(2)28-12)23-27-9-17(25)22(31-23)29-15-6-4-14(5-7-15)19-20(34-3)16(21(26)33)8-18(24)30-19/h4-9,12-13,28H,10-11H2,1-3H3,(H2,26,33)(H,27,29,31)/t12-,13+.